The summed E-state index contributed by atoms with van der Waals surface area (Å²) in [6.07, 6.45) is 0. The fourth-order valence-electron chi connectivity index (χ4n) is 3.49. The molecule has 0 spiro atoms. The Morgan fingerprint density at radius 2 is 1.59 bits per heavy atom. The van der Waals surface area contributed by atoms with Crippen molar-refractivity contribution < 1.29 is 14.3 Å². The number of benzene rings is 2. The molecule has 6 nitrogen and oxygen atoms in total. The SMILES string of the molecule is COc1ccc(CN(CC(=O)N2CCN(Cc3ccccc3)CC2)C(C)=O)cc1. The minimum absolute atomic E-state index is 0.00747. The molecule has 2 aromatic carbocycles. The van der Waals surface area contributed by atoms with Gasteiger partial charge >= 0.3 is 0 Å². The van der Waals surface area contributed by atoms with Gasteiger partial charge in [0.1, 0.15) is 12.3 Å². The van der Waals surface area contributed by atoms with Crippen LogP contribution in [0, 0.1) is 0 Å². The lowest BCUT2D eigenvalue weighted by Gasteiger charge is -2.35. The lowest BCUT2D eigenvalue weighted by Crippen LogP contribution is -2.51. The Bertz CT molecular complexity index is 800. The molecule has 0 atom stereocenters. The van der Waals surface area contributed by atoms with Gasteiger partial charge in [-0.3, -0.25) is 14.5 Å². The highest BCUT2D eigenvalue weighted by molar-refractivity contribution is 5.84. The number of ether oxygens (including phenoxy) is 1. The minimum Gasteiger partial charge on any atom is -0.497 e. The predicted octanol–water partition coefficient (Wildman–Crippen LogP) is 2.39. The molecule has 154 valence electrons. The van der Waals surface area contributed by atoms with Crippen LogP contribution >= 0.6 is 0 Å². The van der Waals surface area contributed by atoms with Gasteiger partial charge in [-0.2, -0.15) is 0 Å². The molecule has 29 heavy (non-hydrogen) atoms. The van der Waals surface area contributed by atoms with Gasteiger partial charge in [0.05, 0.1) is 7.11 Å². The highest BCUT2D eigenvalue weighted by Gasteiger charge is 2.23. The minimum atomic E-state index is -0.100. The number of carbonyl (C=O) groups excluding carboxylic acids is 2. The molecule has 1 aliphatic rings. The number of rotatable bonds is 7. The molecule has 0 radical (unpaired) electrons. The van der Waals surface area contributed by atoms with Gasteiger partial charge in [-0.05, 0) is 23.3 Å². The Kier molecular flexibility index (Phi) is 7.25. The van der Waals surface area contributed by atoms with Crippen molar-refractivity contribution in [3.05, 3.63) is 65.7 Å². The first kappa shape index (κ1) is 20.9. The van der Waals surface area contributed by atoms with Crippen LogP contribution < -0.4 is 4.74 Å². The lowest BCUT2D eigenvalue weighted by molar-refractivity contribution is -0.141. The monoisotopic (exact) mass is 395 g/mol. The van der Waals surface area contributed by atoms with Crippen molar-refractivity contribution in [1.82, 2.24) is 14.7 Å². The summed E-state index contributed by atoms with van der Waals surface area (Å²) in [6, 6.07) is 17.9. The average molecular weight is 396 g/mol. The van der Waals surface area contributed by atoms with Crippen molar-refractivity contribution in [1.29, 1.82) is 0 Å². The van der Waals surface area contributed by atoms with Crippen LogP contribution in [0.5, 0.6) is 5.75 Å². The summed E-state index contributed by atoms with van der Waals surface area (Å²) in [5.74, 6) is 0.678. The van der Waals surface area contributed by atoms with Crippen LogP contribution in [0.15, 0.2) is 54.6 Å². The van der Waals surface area contributed by atoms with Gasteiger partial charge in [0.25, 0.3) is 0 Å². The van der Waals surface area contributed by atoms with E-state index in [1.807, 2.05) is 47.4 Å². The molecule has 1 heterocycles. The molecule has 0 unspecified atom stereocenters. The zero-order chi connectivity index (χ0) is 20.6. The molecule has 2 aromatic rings. The quantitative estimate of drug-likeness (QED) is 0.722. The molecule has 6 heteroatoms. The van der Waals surface area contributed by atoms with Crippen LogP contribution in [-0.2, 0) is 22.7 Å². The third kappa shape index (κ3) is 6.06. The molecule has 0 aromatic heterocycles. The zero-order valence-electron chi connectivity index (χ0n) is 17.2. The first-order chi connectivity index (χ1) is 14.0. The zero-order valence-corrected chi connectivity index (χ0v) is 17.2. The van der Waals surface area contributed by atoms with E-state index in [9.17, 15) is 9.59 Å². The average Bonchev–Trinajstić information content (AvgIpc) is 2.75. The van der Waals surface area contributed by atoms with E-state index in [1.54, 1.807) is 12.0 Å². The smallest absolute Gasteiger partial charge is 0.242 e. The maximum atomic E-state index is 12.8. The summed E-state index contributed by atoms with van der Waals surface area (Å²) in [6.45, 7) is 6.02. The van der Waals surface area contributed by atoms with Crippen molar-refractivity contribution in [3.63, 3.8) is 0 Å². The van der Waals surface area contributed by atoms with E-state index in [2.05, 4.69) is 17.0 Å². The van der Waals surface area contributed by atoms with Gasteiger partial charge in [-0.1, -0.05) is 42.5 Å². The summed E-state index contributed by atoms with van der Waals surface area (Å²) in [4.78, 5) is 30.7. The molecular weight excluding hydrogens is 366 g/mol. The fraction of sp³-hybridized carbons (Fsp3) is 0.391. The standard InChI is InChI=1S/C23H29N3O3/c1-19(27)26(17-21-8-10-22(29-2)11-9-21)18-23(28)25-14-12-24(13-15-25)16-20-6-4-3-5-7-20/h3-11H,12-18H2,1-2H3. The highest BCUT2D eigenvalue weighted by Crippen LogP contribution is 2.14. The van der Waals surface area contributed by atoms with E-state index in [4.69, 9.17) is 4.74 Å². The van der Waals surface area contributed by atoms with Crippen LogP contribution in [0.3, 0.4) is 0 Å². The number of amides is 2. The molecule has 3 rings (SSSR count). The predicted molar refractivity (Wildman–Crippen MR) is 112 cm³/mol. The van der Waals surface area contributed by atoms with Crippen LogP contribution in [0.1, 0.15) is 18.1 Å². The normalized spacial score (nSPS) is 14.5. The van der Waals surface area contributed by atoms with Gasteiger partial charge in [0, 0.05) is 46.2 Å². The number of hydrogen-bond acceptors (Lipinski definition) is 4. The molecule has 0 bridgehead atoms. The molecule has 1 fully saturated rings. The third-order valence-electron chi connectivity index (χ3n) is 5.28. The Hall–Kier alpha value is -2.86. The highest BCUT2D eigenvalue weighted by atomic mass is 16.5. The van der Waals surface area contributed by atoms with Crippen molar-refractivity contribution >= 4 is 11.8 Å². The van der Waals surface area contributed by atoms with Gasteiger partial charge in [-0.15, -0.1) is 0 Å². The van der Waals surface area contributed by atoms with Crippen LogP contribution in [-0.4, -0.2) is 66.3 Å². The van der Waals surface area contributed by atoms with Crippen molar-refractivity contribution in [2.45, 2.75) is 20.0 Å². The number of methoxy groups -OCH3 is 1. The Labute approximate surface area is 172 Å². The molecule has 1 aliphatic heterocycles. The van der Waals surface area contributed by atoms with Crippen LogP contribution in [0.2, 0.25) is 0 Å². The maximum absolute atomic E-state index is 12.8. The van der Waals surface area contributed by atoms with Crippen molar-refractivity contribution in [2.75, 3.05) is 39.8 Å². The summed E-state index contributed by atoms with van der Waals surface area (Å²) >= 11 is 0. The largest absolute Gasteiger partial charge is 0.497 e. The van der Waals surface area contributed by atoms with E-state index in [-0.39, 0.29) is 18.4 Å². The van der Waals surface area contributed by atoms with E-state index < -0.39 is 0 Å². The summed E-state index contributed by atoms with van der Waals surface area (Å²) in [5.41, 5.74) is 2.26. The number of nitrogens with zero attached hydrogens (tertiary/aromatic N) is 3. The van der Waals surface area contributed by atoms with Crippen LogP contribution in [0.4, 0.5) is 0 Å². The third-order valence-corrected chi connectivity index (χ3v) is 5.28. The van der Waals surface area contributed by atoms with Crippen molar-refractivity contribution in [2.24, 2.45) is 0 Å². The van der Waals surface area contributed by atoms with E-state index in [0.717, 1.165) is 30.9 Å². The maximum Gasteiger partial charge on any atom is 0.242 e. The van der Waals surface area contributed by atoms with Gasteiger partial charge < -0.3 is 14.5 Å². The molecule has 0 aliphatic carbocycles. The van der Waals surface area contributed by atoms with E-state index in [1.165, 1.54) is 12.5 Å². The van der Waals surface area contributed by atoms with Gasteiger partial charge in [0.15, 0.2) is 0 Å². The first-order valence-corrected chi connectivity index (χ1v) is 9.97. The Morgan fingerprint density at radius 1 is 0.931 bits per heavy atom. The summed E-state index contributed by atoms with van der Waals surface area (Å²) in [5, 5.41) is 0. The second-order valence-corrected chi connectivity index (χ2v) is 7.37. The van der Waals surface area contributed by atoms with Gasteiger partial charge in [-0.25, -0.2) is 0 Å². The van der Waals surface area contributed by atoms with Crippen LogP contribution in [0.25, 0.3) is 0 Å². The molecule has 1 saturated heterocycles. The molecule has 2 amide bonds. The second-order valence-electron chi connectivity index (χ2n) is 7.37. The number of piperazine rings is 1. The molecule has 0 N–H and O–H groups in total. The Morgan fingerprint density at radius 3 is 2.17 bits per heavy atom. The van der Waals surface area contributed by atoms with Gasteiger partial charge in [0.2, 0.25) is 11.8 Å². The number of hydrogen-bond donors (Lipinski definition) is 0. The van der Waals surface area contributed by atoms with Crippen molar-refractivity contribution in [3.8, 4) is 5.75 Å². The molecular formula is C23H29N3O3. The summed E-state index contributed by atoms with van der Waals surface area (Å²) in [7, 11) is 1.62. The van der Waals surface area contributed by atoms with E-state index >= 15 is 0 Å². The van der Waals surface area contributed by atoms with E-state index in [0.29, 0.717) is 19.6 Å². The first-order valence-electron chi connectivity index (χ1n) is 9.97. The molecule has 0 saturated carbocycles. The lowest BCUT2D eigenvalue weighted by atomic mass is 10.2. The Balaban J connectivity index is 1.50. The fourth-order valence-corrected chi connectivity index (χ4v) is 3.49. The number of carbonyl (C=O) groups is 2. The second kappa shape index (κ2) is 10.1. The summed E-state index contributed by atoms with van der Waals surface area (Å²) < 4.78 is 5.17. The topological polar surface area (TPSA) is 53.1 Å².